The van der Waals surface area contributed by atoms with Gasteiger partial charge in [0.1, 0.15) is 11.4 Å². The van der Waals surface area contributed by atoms with Gasteiger partial charge in [0.15, 0.2) is 0 Å². The Kier molecular flexibility index (Phi) is 4.59. The van der Waals surface area contributed by atoms with Crippen molar-refractivity contribution in [3.8, 4) is 5.75 Å². The lowest BCUT2D eigenvalue weighted by atomic mass is 10.2. The van der Waals surface area contributed by atoms with Crippen LogP contribution < -0.4 is 10.1 Å². The van der Waals surface area contributed by atoms with Crippen molar-refractivity contribution in [1.29, 1.82) is 0 Å². The highest BCUT2D eigenvalue weighted by Gasteiger charge is 2.20. The lowest BCUT2D eigenvalue weighted by molar-refractivity contribution is 0.102. The molecule has 0 aliphatic carbocycles. The number of benzene rings is 1. The monoisotopic (exact) mass is 343 g/mol. The normalized spacial score (nSPS) is 11.2. The van der Waals surface area contributed by atoms with Gasteiger partial charge in [0.2, 0.25) is 0 Å². The number of aryl methyl sites for hydroxylation is 1. The summed E-state index contributed by atoms with van der Waals surface area (Å²) in [5.74, 6) is 0.488. The highest BCUT2D eigenvalue weighted by molar-refractivity contribution is 7.19. The second-order valence-corrected chi connectivity index (χ2v) is 7.23. The number of anilines is 1. The van der Waals surface area contributed by atoms with Gasteiger partial charge in [-0.05, 0) is 39.2 Å². The second-order valence-electron chi connectivity index (χ2n) is 5.97. The molecular weight excluding hydrogens is 322 g/mol. The van der Waals surface area contributed by atoms with E-state index in [1.54, 1.807) is 18.4 Å². The lowest BCUT2D eigenvalue weighted by Gasteiger charge is -2.12. The van der Waals surface area contributed by atoms with Crippen LogP contribution in [0.5, 0.6) is 5.75 Å². The van der Waals surface area contributed by atoms with E-state index < -0.39 is 0 Å². The molecular formula is C18H21N3O2S. The number of nitrogens with zero attached hydrogens (tertiary/aromatic N) is 1. The summed E-state index contributed by atoms with van der Waals surface area (Å²) in [6.07, 6.45) is 0. The van der Waals surface area contributed by atoms with Crippen LogP contribution in [0.2, 0.25) is 0 Å². The zero-order valence-corrected chi connectivity index (χ0v) is 15.1. The van der Waals surface area contributed by atoms with Gasteiger partial charge >= 0.3 is 0 Å². The summed E-state index contributed by atoms with van der Waals surface area (Å²) >= 11 is 1.71. The van der Waals surface area contributed by atoms with Crippen molar-refractivity contribution in [2.24, 2.45) is 0 Å². The van der Waals surface area contributed by atoms with Gasteiger partial charge in [0.25, 0.3) is 5.91 Å². The fourth-order valence-corrected chi connectivity index (χ4v) is 3.76. The zero-order valence-electron chi connectivity index (χ0n) is 14.3. The summed E-state index contributed by atoms with van der Waals surface area (Å²) in [6.45, 7) is 2.78. The zero-order chi connectivity index (χ0) is 17.3. The number of carbonyl (C=O) groups excluding carboxylic acids is 1. The Morgan fingerprint density at radius 2 is 2.08 bits per heavy atom. The Bertz CT molecular complexity index is 880. The van der Waals surface area contributed by atoms with Gasteiger partial charge in [-0.3, -0.25) is 4.79 Å². The first-order chi connectivity index (χ1) is 11.5. The molecule has 0 saturated carbocycles. The highest BCUT2D eigenvalue weighted by atomic mass is 32.1. The Morgan fingerprint density at radius 3 is 2.79 bits per heavy atom. The van der Waals surface area contributed by atoms with E-state index >= 15 is 0 Å². The fraction of sp³-hybridized carbons (Fsp3) is 0.278. The van der Waals surface area contributed by atoms with E-state index in [4.69, 9.17) is 4.74 Å². The molecule has 1 aromatic carbocycles. The molecule has 0 radical (unpaired) electrons. The number of thiophene rings is 1. The summed E-state index contributed by atoms with van der Waals surface area (Å²) < 4.78 is 6.45. The number of amides is 1. The van der Waals surface area contributed by atoms with Crippen molar-refractivity contribution < 1.29 is 9.53 Å². The molecule has 0 spiro atoms. The molecule has 0 saturated heterocycles. The molecule has 5 nitrogen and oxygen atoms in total. The second kappa shape index (κ2) is 6.67. The molecule has 1 amide bonds. The van der Waals surface area contributed by atoms with Crippen molar-refractivity contribution in [3.05, 3.63) is 46.5 Å². The summed E-state index contributed by atoms with van der Waals surface area (Å²) in [6, 6.07) is 9.48. The van der Waals surface area contributed by atoms with E-state index in [1.165, 1.54) is 4.88 Å². The minimum atomic E-state index is -0.155. The van der Waals surface area contributed by atoms with E-state index in [0.717, 1.165) is 15.8 Å². The molecule has 6 heteroatoms. The summed E-state index contributed by atoms with van der Waals surface area (Å²) in [5, 5.41) is 2.95. The molecule has 2 N–H and O–H groups in total. The molecule has 0 bridgehead atoms. The quantitative estimate of drug-likeness (QED) is 0.739. The van der Waals surface area contributed by atoms with Gasteiger partial charge in [0.05, 0.1) is 23.0 Å². The molecule has 3 aromatic rings. The van der Waals surface area contributed by atoms with Crippen LogP contribution >= 0.6 is 11.3 Å². The van der Waals surface area contributed by atoms with Crippen molar-refractivity contribution in [3.63, 3.8) is 0 Å². The molecule has 0 atom stereocenters. The number of fused-ring (bicyclic) bond motifs is 1. The highest BCUT2D eigenvalue weighted by Crippen LogP contribution is 2.32. The van der Waals surface area contributed by atoms with Crippen LogP contribution in [0.15, 0.2) is 30.3 Å². The number of hydrogen-bond acceptors (Lipinski definition) is 4. The van der Waals surface area contributed by atoms with E-state index in [2.05, 4.69) is 28.2 Å². The predicted octanol–water partition coefficient (Wildman–Crippen LogP) is 3.86. The smallest absolute Gasteiger partial charge is 0.272 e. The minimum Gasteiger partial charge on any atom is -0.495 e. The van der Waals surface area contributed by atoms with Gasteiger partial charge in [0, 0.05) is 17.0 Å². The van der Waals surface area contributed by atoms with Gasteiger partial charge in [-0.25, -0.2) is 0 Å². The van der Waals surface area contributed by atoms with Crippen LogP contribution in [0.1, 0.15) is 20.9 Å². The van der Waals surface area contributed by atoms with Gasteiger partial charge in [-0.2, -0.15) is 0 Å². The van der Waals surface area contributed by atoms with Gasteiger partial charge in [-0.15, -0.1) is 11.3 Å². The summed E-state index contributed by atoms with van der Waals surface area (Å²) in [7, 11) is 5.60. The van der Waals surface area contributed by atoms with E-state index in [-0.39, 0.29) is 5.91 Å². The molecule has 0 aliphatic rings. The van der Waals surface area contributed by atoms with Crippen LogP contribution in [0.4, 0.5) is 5.69 Å². The first kappa shape index (κ1) is 16.5. The Labute approximate surface area is 145 Å². The number of hydrogen-bond donors (Lipinski definition) is 2. The van der Waals surface area contributed by atoms with Crippen LogP contribution in [0.3, 0.4) is 0 Å². The third-order valence-electron chi connectivity index (χ3n) is 3.75. The molecule has 2 heterocycles. The van der Waals surface area contributed by atoms with Crippen molar-refractivity contribution in [2.75, 3.05) is 26.5 Å². The third kappa shape index (κ3) is 3.16. The number of methoxy groups -OCH3 is 1. The molecule has 2 aromatic heterocycles. The van der Waals surface area contributed by atoms with Crippen LogP contribution in [0, 0.1) is 6.92 Å². The standard InChI is InChI=1S/C18H21N3O2S/c1-11-9-14-17(24-11)12(10-21(2)3)16(19-14)18(22)20-13-7-5-6-8-15(13)23-4/h5-9,19H,10H2,1-4H3,(H,20,22). The Morgan fingerprint density at radius 1 is 1.33 bits per heavy atom. The van der Waals surface area contributed by atoms with Crippen molar-refractivity contribution in [1.82, 2.24) is 9.88 Å². The number of aromatic nitrogens is 1. The van der Waals surface area contributed by atoms with E-state index in [9.17, 15) is 4.79 Å². The number of para-hydroxylation sites is 2. The average Bonchev–Trinajstić information content (AvgIpc) is 3.05. The van der Waals surface area contributed by atoms with E-state index in [1.807, 2.05) is 38.4 Å². The van der Waals surface area contributed by atoms with Gasteiger partial charge in [-0.1, -0.05) is 12.1 Å². The molecule has 126 valence electrons. The molecule has 0 aliphatic heterocycles. The number of carbonyl (C=O) groups is 1. The van der Waals surface area contributed by atoms with Gasteiger partial charge < -0.3 is 19.9 Å². The van der Waals surface area contributed by atoms with Crippen LogP contribution in [0.25, 0.3) is 10.2 Å². The van der Waals surface area contributed by atoms with Crippen molar-refractivity contribution in [2.45, 2.75) is 13.5 Å². The lowest BCUT2D eigenvalue weighted by Crippen LogP contribution is -2.18. The van der Waals surface area contributed by atoms with Crippen LogP contribution in [-0.4, -0.2) is 37.0 Å². The van der Waals surface area contributed by atoms with E-state index in [0.29, 0.717) is 23.7 Å². The number of rotatable bonds is 5. The summed E-state index contributed by atoms with van der Waals surface area (Å²) in [5.41, 5.74) is 3.31. The predicted molar refractivity (Wildman–Crippen MR) is 99.3 cm³/mol. The first-order valence-corrected chi connectivity index (χ1v) is 8.51. The third-order valence-corrected chi connectivity index (χ3v) is 4.86. The SMILES string of the molecule is COc1ccccc1NC(=O)c1[nH]c2cc(C)sc2c1CN(C)C. The number of H-pyrrole nitrogens is 1. The number of nitrogens with one attached hydrogen (secondary N) is 2. The molecule has 3 rings (SSSR count). The molecule has 24 heavy (non-hydrogen) atoms. The average molecular weight is 343 g/mol. The van der Waals surface area contributed by atoms with Crippen molar-refractivity contribution >= 4 is 33.1 Å². The fourth-order valence-electron chi connectivity index (χ4n) is 2.75. The maximum Gasteiger partial charge on any atom is 0.272 e. The molecule has 0 unspecified atom stereocenters. The Balaban J connectivity index is 1.98. The van der Waals surface area contributed by atoms with Crippen LogP contribution in [-0.2, 0) is 6.54 Å². The summed E-state index contributed by atoms with van der Waals surface area (Å²) in [4.78, 5) is 19.4. The Hall–Kier alpha value is -2.31. The molecule has 0 fully saturated rings. The number of aromatic amines is 1. The maximum atomic E-state index is 12.8. The number of ether oxygens (including phenoxy) is 1. The largest absolute Gasteiger partial charge is 0.495 e. The first-order valence-electron chi connectivity index (χ1n) is 7.69. The maximum absolute atomic E-state index is 12.8. The minimum absolute atomic E-state index is 0.155. The topological polar surface area (TPSA) is 57.4 Å².